The molecule has 0 bridgehead atoms. The number of likely N-dealkylation sites (tertiary alicyclic amines) is 1. The Balaban J connectivity index is 1.12. The zero-order valence-corrected chi connectivity index (χ0v) is 20.0. The number of piperidine rings is 1. The summed E-state index contributed by atoms with van der Waals surface area (Å²) in [6, 6.07) is 13.1. The quantitative estimate of drug-likeness (QED) is 0.546. The SMILES string of the molecule is O=C(NCc1ccc2c(c1)OCO2)c1csc(C2CCN(C(=O)Cc3ccccc3Cl)CC2)n1. The van der Waals surface area contributed by atoms with Crippen LogP contribution in [0.25, 0.3) is 0 Å². The van der Waals surface area contributed by atoms with Crippen LogP contribution in [0.5, 0.6) is 11.5 Å². The number of nitrogens with one attached hydrogen (secondary N) is 1. The lowest BCUT2D eigenvalue weighted by atomic mass is 9.97. The molecule has 1 aromatic heterocycles. The van der Waals surface area contributed by atoms with Crippen molar-refractivity contribution in [1.82, 2.24) is 15.2 Å². The van der Waals surface area contributed by atoms with Gasteiger partial charge in [-0.1, -0.05) is 35.9 Å². The Morgan fingerprint density at radius 1 is 1.12 bits per heavy atom. The van der Waals surface area contributed by atoms with Crippen molar-refractivity contribution < 1.29 is 19.1 Å². The number of hydrogen-bond acceptors (Lipinski definition) is 6. The molecule has 3 heterocycles. The molecule has 7 nitrogen and oxygen atoms in total. The van der Waals surface area contributed by atoms with Crippen molar-refractivity contribution in [1.29, 1.82) is 0 Å². The van der Waals surface area contributed by atoms with Crippen molar-refractivity contribution in [2.24, 2.45) is 0 Å². The van der Waals surface area contributed by atoms with Gasteiger partial charge in [0.2, 0.25) is 12.7 Å². The largest absolute Gasteiger partial charge is 0.454 e. The summed E-state index contributed by atoms with van der Waals surface area (Å²) < 4.78 is 10.7. The molecule has 2 aliphatic heterocycles. The van der Waals surface area contributed by atoms with Crippen LogP contribution in [0.15, 0.2) is 47.8 Å². The van der Waals surface area contributed by atoms with Crippen LogP contribution in [0.3, 0.4) is 0 Å². The summed E-state index contributed by atoms with van der Waals surface area (Å²) >= 11 is 7.70. The van der Waals surface area contributed by atoms with Gasteiger partial charge in [-0.2, -0.15) is 0 Å². The van der Waals surface area contributed by atoms with Crippen molar-refractivity contribution >= 4 is 34.8 Å². The number of benzene rings is 2. The lowest BCUT2D eigenvalue weighted by molar-refractivity contribution is -0.131. The summed E-state index contributed by atoms with van der Waals surface area (Å²) in [6.45, 7) is 1.97. The number of ether oxygens (including phenoxy) is 2. The number of nitrogens with zero attached hydrogens (tertiary/aromatic N) is 2. The van der Waals surface area contributed by atoms with Crippen molar-refractivity contribution in [3.05, 3.63) is 74.7 Å². The van der Waals surface area contributed by atoms with Gasteiger partial charge in [0, 0.05) is 36.0 Å². The number of hydrogen-bond donors (Lipinski definition) is 1. The number of amides is 2. The molecule has 5 rings (SSSR count). The highest BCUT2D eigenvalue weighted by Gasteiger charge is 2.26. The normalized spacial score (nSPS) is 15.4. The second kappa shape index (κ2) is 10.0. The van der Waals surface area contributed by atoms with Gasteiger partial charge in [0.05, 0.1) is 11.4 Å². The molecule has 1 saturated heterocycles. The lowest BCUT2D eigenvalue weighted by Gasteiger charge is -2.31. The van der Waals surface area contributed by atoms with Crippen LogP contribution in [-0.4, -0.2) is 41.6 Å². The highest BCUT2D eigenvalue weighted by atomic mass is 35.5. The number of carbonyl (C=O) groups is 2. The van der Waals surface area contributed by atoms with E-state index in [4.69, 9.17) is 21.1 Å². The maximum atomic E-state index is 12.7. The molecular weight excluding hydrogens is 474 g/mol. The molecule has 1 N–H and O–H groups in total. The number of carbonyl (C=O) groups excluding carboxylic acids is 2. The molecule has 0 atom stereocenters. The molecule has 1 fully saturated rings. The minimum Gasteiger partial charge on any atom is -0.454 e. The van der Waals surface area contributed by atoms with Crippen molar-refractivity contribution in [3.8, 4) is 11.5 Å². The van der Waals surface area contributed by atoms with Gasteiger partial charge in [0.1, 0.15) is 5.69 Å². The van der Waals surface area contributed by atoms with Gasteiger partial charge in [-0.15, -0.1) is 11.3 Å². The van der Waals surface area contributed by atoms with Crippen LogP contribution in [0.2, 0.25) is 5.02 Å². The molecule has 0 unspecified atom stereocenters. The Morgan fingerprint density at radius 3 is 2.74 bits per heavy atom. The van der Waals surface area contributed by atoms with Crippen LogP contribution in [0, 0.1) is 0 Å². The minimum absolute atomic E-state index is 0.0919. The van der Waals surface area contributed by atoms with E-state index in [0.29, 0.717) is 42.5 Å². The predicted molar refractivity (Wildman–Crippen MR) is 130 cm³/mol. The smallest absolute Gasteiger partial charge is 0.271 e. The van der Waals surface area contributed by atoms with E-state index < -0.39 is 0 Å². The fourth-order valence-corrected chi connectivity index (χ4v) is 5.37. The van der Waals surface area contributed by atoms with Gasteiger partial charge >= 0.3 is 0 Å². The molecule has 0 radical (unpaired) electrons. The number of fused-ring (bicyclic) bond motifs is 1. The Morgan fingerprint density at radius 2 is 1.91 bits per heavy atom. The third-order valence-electron chi connectivity index (χ3n) is 6.14. The molecular formula is C25H24ClN3O4S. The van der Waals surface area contributed by atoms with E-state index in [9.17, 15) is 9.59 Å². The van der Waals surface area contributed by atoms with E-state index in [1.54, 1.807) is 5.38 Å². The van der Waals surface area contributed by atoms with E-state index in [1.807, 2.05) is 47.4 Å². The van der Waals surface area contributed by atoms with Crippen LogP contribution >= 0.6 is 22.9 Å². The predicted octanol–water partition coefficient (Wildman–Crippen LogP) is 4.40. The van der Waals surface area contributed by atoms with E-state index in [0.717, 1.165) is 34.7 Å². The van der Waals surface area contributed by atoms with E-state index in [2.05, 4.69) is 10.3 Å². The summed E-state index contributed by atoms with van der Waals surface area (Å²) in [7, 11) is 0. The van der Waals surface area contributed by atoms with E-state index >= 15 is 0 Å². The van der Waals surface area contributed by atoms with E-state index in [-0.39, 0.29) is 24.5 Å². The maximum Gasteiger partial charge on any atom is 0.271 e. The van der Waals surface area contributed by atoms with Crippen LogP contribution in [0.4, 0.5) is 0 Å². The first-order valence-corrected chi connectivity index (χ1v) is 12.5. The fraction of sp³-hybridized carbons (Fsp3) is 0.320. The molecule has 3 aromatic rings. The van der Waals surface area contributed by atoms with Gasteiger partial charge in [-0.3, -0.25) is 9.59 Å². The van der Waals surface area contributed by atoms with Crippen molar-refractivity contribution in [3.63, 3.8) is 0 Å². The highest BCUT2D eigenvalue weighted by Crippen LogP contribution is 2.33. The molecule has 0 spiro atoms. The first kappa shape index (κ1) is 22.7. The van der Waals surface area contributed by atoms with Gasteiger partial charge in [-0.25, -0.2) is 4.98 Å². The highest BCUT2D eigenvalue weighted by molar-refractivity contribution is 7.09. The fourth-order valence-electron chi connectivity index (χ4n) is 4.20. The minimum atomic E-state index is -0.201. The summed E-state index contributed by atoms with van der Waals surface area (Å²) in [4.78, 5) is 31.8. The molecule has 9 heteroatoms. The number of halogens is 1. The third kappa shape index (κ3) is 5.03. The van der Waals surface area contributed by atoms with Gasteiger partial charge in [0.15, 0.2) is 11.5 Å². The zero-order valence-electron chi connectivity index (χ0n) is 18.5. The molecule has 0 aliphatic carbocycles. The first-order chi connectivity index (χ1) is 16.6. The van der Waals surface area contributed by atoms with Gasteiger partial charge in [0.25, 0.3) is 5.91 Å². The molecule has 2 aliphatic rings. The molecule has 2 amide bonds. The molecule has 34 heavy (non-hydrogen) atoms. The van der Waals surface area contributed by atoms with Crippen LogP contribution in [0.1, 0.15) is 45.4 Å². The third-order valence-corrected chi connectivity index (χ3v) is 7.52. The molecule has 2 aromatic carbocycles. The first-order valence-electron chi connectivity index (χ1n) is 11.2. The maximum absolute atomic E-state index is 12.7. The van der Waals surface area contributed by atoms with Crippen molar-refractivity contribution in [2.75, 3.05) is 19.9 Å². The lowest BCUT2D eigenvalue weighted by Crippen LogP contribution is -2.38. The van der Waals surface area contributed by atoms with E-state index in [1.165, 1.54) is 11.3 Å². The van der Waals surface area contributed by atoms with Crippen molar-refractivity contribution in [2.45, 2.75) is 31.7 Å². The second-order valence-electron chi connectivity index (χ2n) is 8.36. The number of aromatic nitrogens is 1. The number of rotatable bonds is 6. The molecule has 176 valence electrons. The summed E-state index contributed by atoms with van der Waals surface area (Å²) in [5.41, 5.74) is 2.22. The second-order valence-corrected chi connectivity index (χ2v) is 9.66. The zero-order chi connectivity index (χ0) is 23.5. The standard InChI is InChI=1S/C25H24ClN3O4S/c26-19-4-2-1-3-18(19)12-23(30)29-9-7-17(8-10-29)25-28-20(14-34-25)24(31)27-13-16-5-6-21-22(11-16)33-15-32-21/h1-6,11,14,17H,7-10,12-13,15H2,(H,27,31). The Kier molecular flexibility index (Phi) is 6.69. The van der Waals surface area contributed by atoms with Crippen LogP contribution in [-0.2, 0) is 17.8 Å². The monoisotopic (exact) mass is 497 g/mol. The van der Waals surface area contributed by atoms with Gasteiger partial charge < -0.3 is 19.7 Å². The van der Waals surface area contributed by atoms with Crippen LogP contribution < -0.4 is 14.8 Å². The summed E-state index contributed by atoms with van der Waals surface area (Å²) in [5, 5.41) is 6.30. The Bertz CT molecular complexity index is 1210. The Labute approximate surface area is 206 Å². The average molecular weight is 498 g/mol. The average Bonchev–Trinajstić information content (AvgIpc) is 3.54. The topological polar surface area (TPSA) is 80.8 Å². The summed E-state index contributed by atoms with van der Waals surface area (Å²) in [6.07, 6.45) is 1.98. The summed E-state index contributed by atoms with van der Waals surface area (Å²) in [5.74, 6) is 1.56. The Hall–Kier alpha value is -3.10. The number of thiazole rings is 1. The van der Waals surface area contributed by atoms with Gasteiger partial charge in [-0.05, 0) is 42.2 Å². The molecule has 0 saturated carbocycles.